The zero-order chi connectivity index (χ0) is 18.7. The highest BCUT2D eigenvalue weighted by Crippen LogP contribution is 2.14. The normalized spacial score (nSPS) is 15.7. The molecule has 1 fully saturated rings. The highest BCUT2D eigenvalue weighted by Gasteiger charge is 2.28. The van der Waals surface area contributed by atoms with Crippen molar-refractivity contribution in [3.63, 3.8) is 0 Å². The van der Waals surface area contributed by atoms with Crippen LogP contribution in [0, 0.1) is 0 Å². The Hall–Kier alpha value is -1.13. The van der Waals surface area contributed by atoms with Gasteiger partial charge in [0.15, 0.2) is 5.96 Å². The van der Waals surface area contributed by atoms with Gasteiger partial charge in [0.2, 0.25) is 0 Å². The lowest BCUT2D eigenvalue weighted by Crippen LogP contribution is -2.56. The first-order chi connectivity index (χ1) is 12.6. The van der Waals surface area contributed by atoms with Crippen molar-refractivity contribution in [1.82, 2.24) is 20.5 Å². The van der Waals surface area contributed by atoms with Crippen LogP contribution in [0.3, 0.4) is 0 Å². The van der Waals surface area contributed by atoms with E-state index in [9.17, 15) is 0 Å². The number of hydrogen-bond donors (Lipinski definition) is 3. The number of nitrogens with one attached hydrogen (secondary N) is 3. The van der Waals surface area contributed by atoms with Crippen LogP contribution in [0.15, 0.2) is 29.4 Å². The van der Waals surface area contributed by atoms with Gasteiger partial charge < -0.3 is 20.7 Å². The second-order valence-corrected chi connectivity index (χ2v) is 7.11. The first-order valence-corrected chi connectivity index (χ1v) is 9.54. The standard InChI is InChI=1S/C19H34N6O.HI/c1-19(2,25-12-14-26-15-13-25)16-24-18(20-3)23-11-7-6-10-22-17-8-4-5-9-21-17;/h4-5,8-9H,6-7,10-16H2,1-3H3,(H,21,22)(H2,20,23,24);1H. The molecule has 2 heterocycles. The Morgan fingerprint density at radius 3 is 2.59 bits per heavy atom. The zero-order valence-corrected chi connectivity index (χ0v) is 19.2. The number of hydrogen-bond acceptors (Lipinski definition) is 5. The van der Waals surface area contributed by atoms with Crippen LogP contribution in [-0.4, -0.2) is 74.4 Å². The molecule has 0 aliphatic carbocycles. The molecule has 3 N–H and O–H groups in total. The fraction of sp³-hybridized carbons (Fsp3) is 0.684. The van der Waals surface area contributed by atoms with Gasteiger partial charge in [0.05, 0.1) is 13.2 Å². The Bertz CT molecular complexity index is 534. The van der Waals surface area contributed by atoms with E-state index in [0.717, 1.165) is 70.6 Å². The largest absolute Gasteiger partial charge is 0.379 e. The van der Waals surface area contributed by atoms with Crippen LogP contribution in [0.4, 0.5) is 5.82 Å². The van der Waals surface area contributed by atoms with E-state index in [1.165, 1.54) is 0 Å². The molecule has 27 heavy (non-hydrogen) atoms. The summed E-state index contributed by atoms with van der Waals surface area (Å²) in [6.07, 6.45) is 3.96. The molecule has 2 rings (SSSR count). The number of rotatable bonds is 9. The molecular weight excluding hydrogens is 455 g/mol. The van der Waals surface area contributed by atoms with Crippen LogP contribution in [-0.2, 0) is 4.74 Å². The summed E-state index contributed by atoms with van der Waals surface area (Å²) in [7, 11) is 1.82. The molecule has 0 bridgehead atoms. The molecule has 154 valence electrons. The van der Waals surface area contributed by atoms with Crippen molar-refractivity contribution in [1.29, 1.82) is 0 Å². The predicted molar refractivity (Wildman–Crippen MR) is 123 cm³/mol. The number of halogens is 1. The van der Waals surface area contributed by atoms with Crippen molar-refractivity contribution in [2.24, 2.45) is 4.99 Å². The molecule has 1 aromatic heterocycles. The third-order valence-electron chi connectivity index (χ3n) is 4.65. The Labute approximate surface area is 180 Å². The van der Waals surface area contributed by atoms with Crippen molar-refractivity contribution in [2.45, 2.75) is 32.2 Å². The summed E-state index contributed by atoms with van der Waals surface area (Å²) in [5.41, 5.74) is 0.0774. The van der Waals surface area contributed by atoms with Gasteiger partial charge in [-0.05, 0) is 38.8 Å². The van der Waals surface area contributed by atoms with Gasteiger partial charge in [-0.15, -0.1) is 24.0 Å². The highest BCUT2D eigenvalue weighted by molar-refractivity contribution is 14.0. The number of guanidine groups is 1. The number of nitrogens with zero attached hydrogens (tertiary/aromatic N) is 3. The highest BCUT2D eigenvalue weighted by atomic mass is 127. The van der Waals surface area contributed by atoms with E-state index in [4.69, 9.17) is 4.74 Å². The SMILES string of the molecule is CN=C(NCCCCNc1ccccn1)NCC(C)(C)N1CCOCC1.I. The molecule has 0 spiro atoms. The van der Waals surface area contributed by atoms with E-state index < -0.39 is 0 Å². The smallest absolute Gasteiger partial charge is 0.191 e. The third kappa shape index (κ3) is 9.07. The van der Waals surface area contributed by atoms with Crippen molar-refractivity contribution in [2.75, 3.05) is 58.3 Å². The molecule has 0 amide bonds. The van der Waals surface area contributed by atoms with Gasteiger partial charge >= 0.3 is 0 Å². The Morgan fingerprint density at radius 2 is 1.93 bits per heavy atom. The zero-order valence-electron chi connectivity index (χ0n) is 16.8. The number of aliphatic imine (C=N–C) groups is 1. The third-order valence-corrected chi connectivity index (χ3v) is 4.65. The van der Waals surface area contributed by atoms with Crippen molar-refractivity contribution in [3.8, 4) is 0 Å². The lowest BCUT2D eigenvalue weighted by molar-refractivity contribution is -0.00833. The Balaban J connectivity index is 0.00000364. The maximum absolute atomic E-state index is 5.45. The predicted octanol–water partition coefficient (Wildman–Crippen LogP) is 2.17. The first-order valence-electron chi connectivity index (χ1n) is 9.54. The average molecular weight is 490 g/mol. The van der Waals surface area contributed by atoms with Crippen LogP contribution in [0.2, 0.25) is 0 Å². The quantitative estimate of drug-likeness (QED) is 0.213. The monoisotopic (exact) mass is 490 g/mol. The van der Waals surface area contributed by atoms with Crippen LogP contribution in [0.5, 0.6) is 0 Å². The molecule has 0 radical (unpaired) electrons. The number of aromatic nitrogens is 1. The maximum atomic E-state index is 5.45. The molecule has 0 saturated carbocycles. The molecule has 1 saturated heterocycles. The van der Waals surface area contributed by atoms with Gasteiger partial charge in [-0.3, -0.25) is 9.89 Å². The maximum Gasteiger partial charge on any atom is 0.191 e. The van der Waals surface area contributed by atoms with Crippen LogP contribution >= 0.6 is 24.0 Å². The molecule has 7 nitrogen and oxygen atoms in total. The van der Waals surface area contributed by atoms with Crippen LogP contribution in [0.1, 0.15) is 26.7 Å². The van der Waals surface area contributed by atoms with Crippen molar-refractivity contribution in [3.05, 3.63) is 24.4 Å². The number of unbranched alkanes of at least 4 members (excludes halogenated alkanes) is 1. The van der Waals surface area contributed by atoms with E-state index in [-0.39, 0.29) is 29.5 Å². The molecule has 0 atom stereocenters. The fourth-order valence-corrected chi connectivity index (χ4v) is 2.94. The number of ether oxygens (including phenoxy) is 1. The molecule has 0 unspecified atom stereocenters. The summed E-state index contributed by atoms with van der Waals surface area (Å²) in [4.78, 5) is 11.1. The molecule has 1 aliphatic heterocycles. The Morgan fingerprint density at radius 1 is 1.19 bits per heavy atom. The summed E-state index contributed by atoms with van der Waals surface area (Å²) in [6, 6.07) is 5.90. The average Bonchev–Trinajstić information content (AvgIpc) is 2.68. The topological polar surface area (TPSA) is 73.8 Å². The van der Waals surface area contributed by atoms with Gasteiger partial charge in [-0.1, -0.05) is 6.07 Å². The van der Waals surface area contributed by atoms with Crippen molar-refractivity contribution >= 4 is 35.8 Å². The summed E-state index contributed by atoms with van der Waals surface area (Å²) in [5, 5.41) is 10.2. The lowest BCUT2D eigenvalue weighted by atomic mass is 10.0. The van der Waals surface area contributed by atoms with Gasteiger partial charge in [0.25, 0.3) is 0 Å². The van der Waals surface area contributed by atoms with Gasteiger partial charge in [0.1, 0.15) is 5.82 Å². The number of anilines is 1. The van der Waals surface area contributed by atoms with Crippen molar-refractivity contribution < 1.29 is 4.74 Å². The summed E-state index contributed by atoms with van der Waals surface area (Å²) < 4.78 is 5.45. The van der Waals surface area contributed by atoms with Gasteiger partial charge in [-0.2, -0.15) is 0 Å². The second kappa shape index (κ2) is 13.1. The summed E-state index contributed by atoms with van der Waals surface area (Å²) in [6.45, 7) is 10.8. The lowest BCUT2D eigenvalue weighted by Gasteiger charge is -2.41. The van der Waals surface area contributed by atoms with E-state index >= 15 is 0 Å². The molecule has 0 aromatic carbocycles. The van der Waals surface area contributed by atoms with E-state index in [0.29, 0.717) is 0 Å². The number of morpholine rings is 1. The molecule has 1 aliphatic rings. The molecule has 8 heteroatoms. The van der Waals surface area contributed by atoms with Crippen LogP contribution in [0.25, 0.3) is 0 Å². The summed E-state index contributed by atoms with van der Waals surface area (Å²) >= 11 is 0. The van der Waals surface area contributed by atoms with Crippen LogP contribution < -0.4 is 16.0 Å². The second-order valence-electron chi connectivity index (χ2n) is 7.11. The minimum Gasteiger partial charge on any atom is -0.379 e. The first kappa shape index (κ1) is 23.9. The van der Waals surface area contributed by atoms with E-state index in [1.807, 2.05) is 25.2 Å². The minimum atomic E-state index is 0. The molecular formula is C19H35IN6O. The van der Waals surface area contributed by atoms with Gasteiger partial charge in [0, 0.05) is 51.5 Å². The fourth-order valence-electron chi connectivity index (χ4n) is 2.94. The molecule has 1 aromatic rings. The van der Waals surface area contributed by atoms with E-state index in [2.05, 4.69) is 44.7 Å². The number of pyridine rings is 1. The minimum absolute atomic E-state index is 0. The summed E-state index contributed by atoms with van der Waals surface area (Å²) in [5.74, 6) is 1.80. The van der Waals surface area contributed by atoms with Gasteiger partial charge in [-0.25, -0.2) is 4.98 Å². The Kier molecular flexibility index (Phi) is 11.6. The van der Waals surface area contributed by atoms with E-state index in [1.54, 1.807) is 6.20 Å².